The zero-order chi connectivity index (χ0) is 23.9. The molecule has 0 saturated heterocycles. The smallest absolute Gasteiger partial charge is 0.407 e. The van der Waals surface area contributed by atoms with Gasteiger partial charge in [0.2, 0.25) is 5.91 Å². The van der Waals surface area contributed by atoms with Gasteiger partial charge in [0.05, 0.1) is 18.7 Å². The lowest BCUT2D eigenvalue weighted by Crippen LogP contribution is -2.27. The van der Waals surface area contributed by atoms with E-state index in [2.05, 4.69) is 26.8 Å². The highest BCUT2D eigenvalue weighted by molar-refractivity contribution is 7.16. The van der Waals surface area contributed by atoms with Gasteiger partial charge in [-0.2, -0.15) is 5.26 Å². The van der Waals surface area contributed by atoms with Gasteiger partial charge in [-0.25, -0.2) is 4.79 Å². The van der Waals surface area contributed by atoms with E-state index >= 15 is 0 Å². The summed E-state index contributed by atoms with van der Waals surface area (Å²) in [5.74, 6) is 0.514. The fraction of sp³-hybridized carbons (Fsp3) is 0.292. The molecule has 0 saturated carbocycles. The average molecular weight is 478 g/mol. The Kier molecular flexibility index (Phi) is 7.34. The number of hydrogen-bond donors (Lipinski definition) is 2. The molecule has 1 aliphatic carbocycles. The first-order valence-corrected chi connectivity index (χ1v) is 11.6. The number of aryl methyl sites for hydroxylation is 1. The molecule has 0 unspecified atom stereocenters. The van der Waals surface area contributed by atoms with Crippen LogP contribution < -0.4 is 10.6 Å². The summed E-state index contributed by atoms with van der Waals surface area (Å²) in [5, 5.41) is 19.5. The van der Waals surface area contributed by atoms with Crippen molar-refractivity contribution in [2.24, 2.45) is 5.92 Å². The average Bonchev–Trinajstić information content (AvgIpc) is 3.42. The number of ether oxygens (including phenoxy) is 1. The van der Waals surface area contributed by atoms with Crippen LogP contribution >= 0.6 is 11.3 Å². The molecule has 3 aromatic rings. The molecule has 0 radical (unpaired) electrons. The van der Waals surface area contributed by atoms with Gasteiger partial charge < -0.3 is 19.9 Å². The van der Waals surface area contributed by atoms with Crippen molar-refractivity contribution >= 4 is 34.4 Å². The van der Waals surface area contributed by atoms with Crippen LogP contribution in [0.15, 0.2) is 41.2 Å². The van der Waals surface area contributed by atoms with Gasteiger partial charge in [0, 0.05) is 29.4 Å². The van der Waals surface area contributed by atoms with Crippen LogP contribution in [0.2, 0.25) is 0 Å². The van der Waals surface area contributed by atoms with Crippen molar-refractivity contribution in [3.63, 3.8) is 0 Å². The van der Waals surface area contributed by atoms with Crippen LogP contribution in [-0.2, 0) is 28.9 Å². The van der Waals surface area contributed by atoms with Crippen LogP contribution in [0.25, 0.3) is 6.08 Å². The van der Waals surface area contributed by atoms with Crippen molar-refractivity contribution in [3.05, 3.63) is 69.7 Å². The summed E-state index contributed by atoms with van der Waals surface area (Å²) in [6.45, 7) is 2.29. The second kappa shape index (κ2) is 10.8. The molecule has 0 fully saturated rings. The van der Waals surface area contributed by atoms with Crippen molar-refractivity contribution in [2.45, 2.75) is 32.7 Å². The number of thiophene rings is 1. The number of aromatic nitrogens is 2. The number of hydrogen-bond acceptors (Lipinski definition) is 8. The molecule has 0 aromatic carbocycles. The Morgan fingerprint density at radius 2 is 2.32 bits per heavy atom. The zero-order valence-corrected chi connectivity index (χ0v) is 19.4. The minimum atomic E-state index is -0.510. The SMILES string of the molecule is Cc1cc(CNC(=O)OC[C@H]2CCc3c(sc(NC(=O)C=Cc4cccnc4)c3C#N)C2)no1. The molecule has 3 aromatic heterocycles. The standard InChI is InChI=1S/C24H23N5O4S/c1-15-9-18(29-33-15)13-27-24(31)32-14-17-4-6-19-20(11-25)23(34-21(19)10-17)28-22(30)7-5-16-3-2-8-26-12-16/h2-3,5,7-9,12,17H,4,6,10,13-14H2,1H3,(H,27,31)(H,28,30)/t17-/m0/s1. The first-order chi connectivity index (χ1) is 16.5. The number of fused-ring (bicyclic) bond motifs is 1. The Morgan fingerprint density at radius 3 is 3.06 bits per heavy atom. The van der Waals surface area contributed by atoms with Gasteiger partial charge in [0.25, 0.3) is 0 Å². The van der Waals surface area contributed by atoms with E-state index in [0.717, 1.165) is 22.4 Å². The molecule has 0 bridgehead atoms. The van der Waals surface area contributed by atoms with Crippen LogP contribution in [0, 0.1) is 24.2 Å². The summed E-state index contributed by atoms with van der Waals surface area (Å²) >= 11 is 1.41. The Hall–Kier alpha value is -3.97. The maximum atomic E-state index is 12.4. The van der Waals surface area contributed by atoms with E-state index < -0.39 is 6.09 Å². The monoisotopic (exact) mass is 477 g/mol. The van der Waals surface area contributed by atoms with Crippen molar-refractivity contribution in [1.82, 2.24) is 15.5 Å². The third-order valence-corrected chi connectivity index (χ3v) is 6.54. The molecule has 174 valence electrons. The first kappa shape index (κ1) is 23.2. The highest BCUT2D eigenvalue weighted by Crippen LogP contribution is 2.39. The lowest BCUT2D eigenvalue weighted by Gasteiger charge is -2.21. The molecule has 9 nitrogen and oxygen atoms in total. The highest BCUT2D eigenvalue weighted by atomic mass is 32.1. The number of nitriles is 1. The maximum Gasteiger partial charge on any atom is 0.407 e. The van der Waals surface area contributed by atoms with E-state index in [-0.39, 0.29) is 25.0 Å². The number of carbonyl (C=O) groups excluding carboxylic acids is 2. The van der Waals surface area contributed by atoms with Crippen molar-refractivity contribution < 1.29 is 18.8 Å². The summed E-state index contributed by atoms with van der Waals surface area (Å²) in [5.41, 5.74) is 2.93. The molecule has 4 rings (SSSR count). The number of pyridine rings is 1. The third-order valence-electron chi connectivity index (χ3n) is 5.37. The number of anilines is 1. The molecule has 10 heteroatoms. The van der Waals surface area contributed by atoms with Gasteiger partial charge in [-0.15, -0.1) is 11.3 Å². The van der Waals surface area contributed by atoms with Crippen LogP contribution in [0.5, 0.6) is 0 Å². The van der Waals surface area contributed by atoms with Gasteiger partial charge in [-0.1, -0.05) is 11.2 Å². The van der Waals surface area contributed by atoms with Gasteiger partial charge in [-0.3, -0.25) is 9.78 Å². The number of amides is 2. The first-order valence-electron chi connectivity index (χ1n) is 10.8. The Balaban J connectivity index is 1.31. The van der Waals surface area contributed by atoms with Gasteiger partial charge in [-0.05, 0) is 55.4 Å². The van der Waals surface area contributed by atoms with E-state index in [4.69, 9.17) is 9.26 Å². The normalized spacial score (nSPS) is 14.9. The Bertz CT molecular complexity index is 1240. The van der Waals surface area contributed by atoms with Gasteiger partial charge >= 0.3 is 6.09 Å². The van der Waals surface area contributed by atoms with E-state index in [1.165, 1.54) is 17.4 Å². The van der Waals surface area contributed by atoms with Crippen LogP contribution in [0.1, 0.15) is 39.4 Å². The number of alkyl carbamates (subject to hydrolysis) is 1. The van der Waals surface area contributed by atoms with Gasteiger partial charge in [0.15, 0.2) is 0 Å². The summed E-state index contributed by atoms with van der Waals surface area (Å²) in [4.78, 5) is 29.4. The van der Waals surface area contributed by atoms with Gasteiger partial charge in [0.1, 0.15) is 22.5 Å². The van der Waals surface area contributed by atoms with E-state index in [9.17, 15) is 14.9 Å². The summed E-state index contributed by atoms with van der Waals surface area (Å²) in [6.07, 6.45) is 8.08. The molecule has 34 heavy (non-hydrogen) atoms. The molecule has 3 heterocycles. The zero-order valence-electron chi connectivity index (χ0n) is 18.5. The minimum Gasteiger partial charge on any atom is -0.449 e. The number of carbonyl (C=O) groups is 2. The molecule has 2 amide bonds. The fourth-order valence-electron chi connectivity index (χ4n) is 3.71. The second-order valence-electron chi connectivity index (χ2n) is 7.92. The summed E-state index contributed by atoms with van der Waals surface area (Å²) in [6, 6.07) is 7.62. The topological polar surface area (TPSA) is 130 Å². The fourth-order valence-corrected chi connectivity index (χ4v) is 5.03. The Morgan fingerprint density at radius 1 is 1.44 bits per heavy atom. The lowest BCUT2D eigenvalue weighted by molar-refractivity contribution is -0.111. The van der Waals surface area contributed by atoms with Crippen LogP contribution in [0.3, 0.4) is 0 Å². The van der Waals surface area contributed by atoms with Crippen LogP contribution in [0.4, 0.5) is 9.80 Å². The van der Waals surface area contributed by atoms with E-state index in [1.54, 1.807) is 37.5 Å². The third kappa shape index (κ3) is 5.88. The molecule has 2 N–H and O–H groups in total. The largest absolute Gasteiger partial charge is 0.449 e. The number of nitrogens with zero attached hydrogens (tertiary/aromatic N) is 3. The van der Waals surface area contributed by atoms with Crippen molar-refractivity contribution in [1.29, 1.82) is 5.26 Å². The highest BCUT2D eigenvalue weighted by Gasteiger charge is 2.27. The predicted molar refractivity (Wildman–Crippen MR) is 126 cm³/mol. The summed E-state index contributed by atoms with van der Waals surface area (Å²) < 4.78 is 10.3. The lowest BCUT2D eigenvalue weighted by atomic mass is 9.88. The van der Waals surface area contributed by atoms with Crippen molar-refractivity contribution in [3.8, 4) is 6.07 Å². The second-order valence-corrected chi connectivity index (χ2v) is 9.02. The minimum absolute atomic E-state index is 0.145. The van der Waals surface area contributed by atoms with Crippen molar-refractivity contribution in [2.75, 3.05) is 11.9 Å². The van der Waals surface area contributed by atoms with E-state index in [0.29, 0.717) is 34.9 Å². The molecule has 1 aliphatic rings. The number of nitrogens with one attached hydrogen (secondary N) is 2. The Labute approximate surface area is 200 Å². The summed E-state index contributed by atoms with van der Waals surface area (Å²) in [7, 11) is 0. The molecule has 1 atom stereocenters. The molecular weight excluding hydrogens is 454 g/mol. The maximum absolute atomic E-state index is 12.4. The quantitative estimate of drug-likeness (QED) is 0.492. The predicted octanol–water partition coefficient (Wildman–Crippen LogP) is 3.99. The molecular formula is C24H23N5O4S. The van der Waals surface area contributed by atoms with E-state index in [1.807, 2.05) is 6.07 Å². The van der Waals surface area contributed by atoms with Crippen LogP contribution in [-0.4, -0.2) is 28.7 Å². The molecule has 0 spiro atoms. The molecule has 0 aliphatic heterocycles. The number of rotatable bonds is 7.